The summed E-state index contributed by atoms with van der Waals surface area (Å²) in [5.74, 6) is -0.172. The normalized spacial score (nSPS) is 21.5. The Kier molecular flexibility index (Phi) is 7.36. The van der Waals surface area contributed by atoms with Crippen molar-refractivity contribution >= 4 is 5.97 Å². The van der Waals surface area contributed by atoms with Crippen LogP contribution in [-0.4, -0.2) is 31.2 Å². The number of hydrogen-bond donors (Lipinski definition) is 2. The molecule has 1 aliphatic heterocycles. The molecule has 122 valence electrons. The van der Waals surface area contributed by atoms with Crippen LogP contribution in [0, 0.1) is 0 Å². The molecule has 5 heteroatoms. The molecule has 0 bridgehead atoms. The van der Waals surface area contributed by atoms with Gasteiger partial charge in [-0.3, -0.25) is 4.79 Å². The van der Waals surface area contributed by atoms with Gasteiger partial charge in [0, 0.05) is 12.6 Å². The standard InChI is InChI=1S/C17H26N2O3/c1-2-3-11-22-19-15-9-10-16(18-12-15)17(20)21-13-14-7-5-4-6-8-14/h4-8,15-16,18-19H,2-3,9-13H2,1H3/t15-,16+/m1/s1. The Hall–Kier alpha value is -1.43. The first kappa shape index (κ1) is 16.9. The van der Waals surface area contributed by atoms with Crippen molar-refractivity contribution in [3.63, 3.8) is 0 Å². The Morgan fingerprint density at radius 1 is 1.32 bits per heavy atom. The largest absolute Gasteiger partial charge is 0.460 e. The Labute approximate surface area is 132 Å². The van der Waals surface area contributed by atoms with Gasteiger partial charge in [0.15, 0.2) is 0 Å². The average Bonchev–Trinajstić information content (AvgIpc) is 2.58. The highest BCUT2D eigenvalue weighted by Gasteiger charge is 2.26. The summed E-state index contributed by atoms with van der Waals surface area (Å²) < 4.78 is 5.36. The van der Waals surface area contributed by atoms with Crippen LogP contribution in [0.1, 0.15) is 38.2 Å². The third-order valence-electron chi connectivity index (χ3n) is 3.77. The molecule has 1 heterocycles. The predicted octanol–water partition coefficient (Wildman–Crippen LogP) is 2.17. The van der Waals surface area contributed by atoms with Crippen LogP contribution >= 0.6 is 0 Å². The lowest BCUT2D eigenvalue weighted by Crippen LogP contribution is -2.51. The van der Waals surface area contributed by atoms with Crippen molar-refractivity contribution in [3.8, 4) is 0 Å². The minimum atomic E-state index is -0.211. The first-order valence-electron chi connectivity index (χ1n) is 8.11. The van der Waals surface area contributed by atoms with Gasteiger partial charge in [-0.1, -0.05) is 43.7 Å². The maximum absolute atomic E-state index is 12.0. The zero-order chi connectivity index (χ0) is 15.6. The third-order valence-corrected chi connectivity index (χ3v) is 3.77. The number of hydroxylamine groups is 1. The summed E-state index contributed by atoms with van der Waals surface area (Å²) >= 11 is 0. The van der Waals surface area contributed by atoms with Crippen LogP contribution in [0.5, 0.6) is 0 Å². The number of carbonyl (C=O) groups excluding carboxylic acids is 1. The average molecular weight is 306 g/mol. The molecule has 1 fully saturated rings. The number of piperidine rings is 1. The summed E-state index contributed by atoms with van der Waals surface area (Å²) in [6.07, 6.45) is 3.86. The van der Waals surface area contributed by atoms with E-state index in [4.69, 9.17) is 9.57 Å². The molecule has 22 heavy (non-hydrogen) atoms. The Bertz CT molecular complexity index is 431. The quantitative estimate of drug-likeness (QED) is 0.438. The minimum Gasteiger partial charge on any atom is -0.460 e. The topological polar surface area (TPSA) is 59.6 Å². The molecule has 2 N–H and O–H groups in total. The number of rotatable bonds is 8. The summed E-state index contributed by atoms with van der Waals surface area (Å²) in [7, 11) is 0. The van der Waals surface area contributed by atoms with Crippen LogP contribution in [0.4, 0.5) is 0 Å². The van der Waals surface area contributed by atoms with E-state index >= 15 is 0 Å². The molecule has 1 aromatic rings. The maximum Gasteiger partial charge on any atom is 0.323 e. The summed E-state index contributed by atoms with van der Waals surface area (Å²) in [5, 5.41) is 3.23. The van der Waals surface area contributed by atoms with Gasteiger partial charge in [-0.2, -0.15) is 5.48 Å². The van der Waals surface area contributed by atoms with E-state index in [2.05, 4.69) is 17.7 Å². The number of ether oxygens (including phenoxy) is 1. The van der Waals surface area contributed by atoms with Gasteiger partial charge in [0.05, 0.1) is 6.61 Å². The van der Waals surface area contributed by atoms with Crippen LogP contribution in [0.15, 0.2) is 30.3 Å². The van der Waals surface area contributed by atoms with Crippen molar-refractivity contribution in [1.82, 2.24) is 10.8 Å². The van der Waals surface area contributed by atoms with E-state index in [1.807, 2.05) is 30.3 Å². The van der Waals surface area contributed by atoms with Gasteiger partial charge >= 0.3 is 5.97 Å². The second-order valence-corrected chi connectivity index (χ2v) is 5.65. The lowest BCUT2D eigenvalue weighted by atomic mass is 10.0. The monoisotopic (exact) mass is 306 g/mol. The van der Waals surface area contributed by atoms with Gasteiger partial charge in [0.1, 0.15) is 12.6 Å². The Morgan fingerprint density at radius 3 is 2.82 bits per heavy atom. The fourth-order valence-corrected chi connectivity index (χ4v) is 2.38. The zero-order valence-electron chi connectivity index (χ0n) is 13.2. The Balaban J connectivity index is 1.62. The molecule has 1 aromatic carbocycles. The molecule has 5 nitrogen and oxygen atoms in total. The van der Waals surface area contributed by atoms with Gasteiger partial charge in [0.25, 0.3) is 0 Å². The molecule has 0 saturated carbocycles. The van der Waals surface area contributed by atoms with Crippen molar-refractivity contribution in [1.29, 1.82) is 0 Å². The lowest BCUT2D eigenvalue weighted by molar-refractivity contribution is -0.148. The van der Waals surface area contributed by atoms with E-state index in [0.29, 0.717) is 6.61 Å². The highest BCUT2D eigenvalue weighted by molar-refractivity contribution is 5.75. The van der Waals surface area contributed by atoms with Crippen LogP contribution in [-0.2, 0) is 21.0 Å². The van der Waals surface area contributed by atoms with Gasteiger partial charge in [-0.05, 0) is 24.8 Å². The van der Waals surface area contributed by atoms with E-state index in [1.165, 1.54) is 0 Å². The second kappa shape index (κ2) is 9.56. The summed E-state index contributed by atoms with van der Waals surface area (Å²) in [4.78, 5) is 17.4. The number of carbonyl (C=O) groups is 1. The zero-order valence-corrected chi connectivity index (χ0v) is 13.2. The SMILES string of the molecule is CCCCON[C@@H]1CC[C@@H](C(=O)OCc2ccccc2)NC1. The molecule has 0 spiro atoms. The minimum absolute atomic E-state index is 0.172. The number of unbranched alkanes of at least 4 members (excludes halogenated alkanes) is 1. The lowest BCUT2D eigenvalue weighted by Gasteiger charge is -2.28. The molecule has 0 aliphatic carbocycles. The molecular formula is C17H26N2O3. The molecule has 2 rings (SSSR count). The van der Waals surface area contributed by atoms with E-state index < -0.39 is 0 Å². The molecular weight excluding hydrogens is 280 g/mol. The molecule has 1 aliphatic rings. The fourth-order valence-electron chi connectivity index (χ4n) is 2.38. The fraction of sp³-hybridized carbons (Fsp3) is 0.588. The smallest absolute Gasteiger partial charge is 0.323 e. The number of nitrogens with one attached hydrogen (secondary N) is 2. The van der Waals surface area contributed by atoms with Crippen LogP contribution in [0.25, 0.3) is 0 Å². The highest BCUT2D eigenvalue weighted by Crippen LogP contribution is 2.11. The maximum atomic E-state index is 12.0. The molecule has 0 amide bonds. The van der Waals surface area contributed by atoms with Gasteiger partial charge in [-0.25, -0.2) is 0 Å². The van der Waals surface area contributed by atoms with E-state index in [-0.39, 0.29) is 18.1 Å². The van der Waals surface area contributed by atoms with Crippen molar-refractivity contribution in [2.45, 2.75) is 51.3 Å². The van der Waals surface area contributed by atoms with E-state index in [1.54, 1.807) is 0 Å². The van der Waals surface area contributed by atoms with Crippen LogP contribution < -0.4 is 10.8 Å². The van der Waals surface area contributed by atoms with Gasteiger partial charge in [-0.15, -0.1) is 0 Å². The molecule has 0 unspecified atom stereocenters. The second-order valence-electron chi connectivity index (χ2n) is 5.65. The summed E-state index contributed by atoms with van der Waals surface area (Å²) in [6.45, 7) is 3.92. The first-order chi connectivity index (χ1) is 10.8. The number of esters is 1. The third kappa shape index (κ3) is 5.75. The van der Waals surface area contributed by atoms with Crippen molar-refractivity contribution in [2.24, 2.45) is 0 Å². The van der Waals surface area contributed by atoms with Gasteiger partial charge < -0.3 is 14.9 Å². The molecule has 0 aromatic heterocycles. The molecule has 1 saturated heterocycles. The first-order valence-corrected chi connectivity index (χ1v) is 8.11. The highest BCUT2D eigenvalue weighted by atomic mass is 16.6. The van der Waals surface area contributed by atoms with Crippen molar-refractivity contribution in [2.75, 3.05) is 13.2 Å². The van der Waals surface area contributed by atoms with E-state index in [0.717, 1.165) is 44.4 Å². The molecule has 2 atom stereocenters. The van der Waals surface area contributed by atoms with Crippen molar-refractivity contribution in [3.05, 3.63) is 35.9 Å². The number of hydrogen-bond acceptors (Lipinski definition) is 5. The van der Waals surface area contributed by atoms with Crippen molar-refractivity contribution < 1.29 is 14.4 Å². The summed E-state index contributed by atoms with van der Waals surface area (Å²) in [5.41, 5.74) is 4.07. The van der Waals surface area contributed by atoms with Crippen LogP contribution in [0.2, 0.25) is 0 Å². The number of benzene rings is 1. The van der Waals surface area contributed by atoms with Crippen LogP contribution in [0.3, 0.4) is 0 Å². The Morgan fingerprint density at radius 2 is 2.14 bits per heavy atom. The predicted molar refractivity (Wildman–Crippen MR) is 85.0 cm³/mol. The summed E-state index contributed by atoms with van der Waals surface area (Å²) in [6, 6.07) is 9.79. The molecule has 0 radical (unpaired) electrons. The van der Waals surface area contributed by atoms with E-state index in [9.17, 15) is 4.79 Å². The van der Waals surface area contributed by atoms with Gasteiger partial charge in [0.2, 0.25) is 0 Å².